The number of carbonyl (C=O) groups excluding carboxylic acids is 1. The average Bonchev–Trinajstić information content (AvgIpc) is 3.37. The smallest absolute Gasteiger partial charge is 0.190 e. The lowest BCUT2D eigenvalue weighted by molar-refractivity contribution is -0.159. The average molecular weight is 401 g/mol. The van der Waals surface area contributed by atoms with Gasteiger partial charge in [0.2, 0.25) is 0 Å². The summed E-state index contributed by atoms with van der Waals surface area (Å²) in [5, 5.41) is 20.8. The summed E-state index contributed by atoms with van der Waals surface area (Å²) < 4.78 is 12.4. The van der Waals surface area contributed by atoms with Gasteiger partial charge < -0.3 is 19.7 Å². The molecule has 5 aliphatic rings. The molecule has 1 heterocycles. The zero-order valence-electron chi connectivity index (χ0n) is 17.6. The Bertz CT molecular complexity index is 842. The molecular weight excluding hydrogens is 368 g/mol. The standard InChI is InChI=1S/C24H32O5/c1-4-11-28-16-7-9-21(2)15(12-16)5-6-18-17-8-10-23(27,19(26)14-25)22(17,3)13-20-24(18,21)29-20/h5,7,9,12,17-18,20,25,27H,4,6,8,10-11,13-14H2,1-3H3/t17-,18-,20-,21-,22-,23-,24+/m0/s1. The largest absolute Gasteiger partial charge is 0.494 e. The number of allylic oxidation sites excluding steroid dienone is 3. The maximum atomic E-state index is 12.5. The fourth-order valence-electron chi connectivity index (χ4n) is 7.30. The van der Waals surface area contributed by atoms with Crippen LogP contribution in [0.15, 0.2) is 35.6 Å². The van der Waals surface area contributed by atoms with Gasteiger partial charge >= 0.3 is 0 Å². The highest BCUT2D eigenvalue weighted by Crippen LogP contribution is 2.75. The van der Waals surface area contributed by atoms with E-state index in [2.05, 4.69) is 38.2 Å². The Morgan fingerprint density at radius 2 is 2.14 bits per heavy atom. The summed E-state index contributed by atoms with van der Waals surface area (Å²) in [5.41, 5.74) is -1.22. The molecule has 0 aromatic rings. The maximum Gasteiger partial charge on any atom is 0.190 e. The van der Waals surface area contributed by atoms with E-state index in [0.717, 1.165) is 25.0 Å². The Balaban J connectivity index is 1.51. The zero-order valence-corrected chi connectivity index (χ0v) is 17.6. The van der Waals surface area contributed by atoms with Gasteiger partial charge in [0.15, 0.2) is 5.78 Å². The van der Waals surface area contributed by atoms with Crippen molar-refractivity contribution in [1.29, 1.82) is 0 Å². The van der Waals surface area contributed by atoms with Crippen LogP contribution in [0.2, 0.25) is 0 Å². The van der Waals surface area contributed by atoms with Gasteiger partial charge in [0, 0.05) is 10.8 Å². The minimum atomic E-state index is -1.45. The van der Waals surface area contributed by atoms with Crippen LogP contribution in [0.5, 0.6) is 0 Å². The third-order valence-electron chi connectivity index (χ3n) is 8.94. The first-order valence-electron chi connectivity index (χ1n) is 11.1. The van der Waals surface area contributed by atoms with Crippen molar-refractivity contribution in [3.05, 3.63) is 35.6 Å². The van der Waals surface area contributed by atoms with Gasteiger partial charge in [-0.05, 0) is 68.6 Å². The predicted molar refractivity (Wildman–Crippen MR) is 108 cm³/mol. The first-order valence-corrected chi connectivity index (χ1v) is 11.1. The van der Waals surface area contributed by atoms with Crippen LogP contribution in [-0.2, 0) is 14.3 Å². The lowest BCUT2D eigenvalue weighted by atomic mass is 9.48. The van der Waals surface area contributed by atoms with E-state index in [4.69, 9.17) is 9.47 Å². The molecule has 5 nitrogen and oxygen atoms in total. The fraction of sp³-hybridized carbons (Fsp3) is 0.708. The number of aliphatic hydroxyl groups is 2. The van der Waals surface area contributed by atoms with Crippen molar-refractivity contribution < 1.29 is 24.5 Å². The molecule has 4 aliphatic carbocycles. The number of hydrogen-bond acceptors (Lipinski definition) is 5. The third kappa shape index (κ3) is 2.19. The summed E-state index contributed by atoms with van der Waals surface area (Å²) in [6, 6.07) is 0. The molecule has 7 atom stereocenters. The van der Waals surface area contributed by atoms with Crippen molar-refractivity contribution >= 4 is 5.78 Å². The normalized spacial score (nSPS) is 49.2. The van der Waals surface area contributed by atoms with Gasteiger partial charge in [-0.2, -0.15) is 0 Å². The van der Waals surface area contributed by atoms with Gasteiger partial charge in [-0.25, -0.2) is 0 Å². The molecule has 1 saturated heterocycles. The molecule has 158 valence electrons. The molecule has 5 heteroatoms. The van der Waals surface area contributed by atoms with E-state index in [9.17, 15) is 15.0 Å². The predicted octanol–water partition coefficient (Wildman–Crippen LogP) is 3.07. The molecule has 0 amide bonds. The van der Waals surface area contributed by atoms with Crippen LogP contribution in [0.1, 0.15) is 52.9 Å². The summed E-state index contributed by atoms with van der Waals surface area (Å²) in [5.74, 6) is 0.933. The van der Waals surface area contributed by atoms with E-state index >= 15 is 0 Å². The van der Waals surface area contributed by atoms with Crippen molar-refractivity contribution in [2.75, 3.05) is 13.2 Å². The van der Waals surface area contributed by atoms with Crippen molar-refractivity contribution in [3.63, 3.8) is 0 Å². The quantitative estimate of drug-likeness (QED) is 0.694. The van der Waals surface area contributed by atoms with Gasteiger partial charge in [-0.3, -0.25) is 4.79 Å². The molecule has 2 saturated carbocycles. The Kier molecular flexibility index (Phi) is 4.08. The molecule has 0 bridgehead atoms. The van der Waals surface area contributed by atoms with Crippen LogP contribution in [-0.4, -0.2) is 46.5 Å². The van der Waals surface area contributed by atoms with Crippen LogP contribution in [0, 0.1) is 22.7 Å². The number of carbonyl (C=O) groups is 1. The zero-order chi connectivity index (χ0) is 20.7. The Hall–Kier alpha value is -1.43. The van der Waals surface area contributed by atoms with Crippen molar-refractivity contribution in [3.8, 4) is 0 Å². The Morgan fingerprint density at radius 1 is 1.34 bits per heavy atom. The number of rotatable bonds is 5. The molecule has 0 radical (unpaired) electrons. The highest BCUT2D eigenvalue weighted by atomic mass is 16.6. The van der Waals surface area contributed by atoms with E-state index in [1.165, 1.54) is 5.57 Å². The lowest BCUT2D eigenvalue weighted by Crippen LogP contribution is -2.60. The van der Waals surface area contributed by atoms with Crippen LogP contribution in [0.4, 0.5) is 0 Å². The third-order valence-corrected chi connectivity index (χ3v) is 8.94. The molecule has 3 fully saturated rings. The first kappa shape index (κ1) is 19.5. The molecular formula is C24H32O5. The highest BCUT2D eigenvalue weighted by molar-refractivity contribution is 5.89. The SMILES string of the molecule is CCCOC1=CC2=CC[C@H]3[C@@H]4CC[C@](O)(C(=O)CO)[C@@]4(C)C[C@@H]4O[C@@]43[C@@]2(C)C=C1. The van der Waals surface area contributed by atoms with E-state index in [1.807, 2.05) is 6.92 Å². The number of Topliss-reactive ketones (excluding diaryl/α,β-unsaturated/α-hetero) is 1. The second-order valence-electron chi connectivity index (χ2n) is 10.0. The number of ether oxygens (including phenoxy) is 2. The van der Waals surface area contributed by atoms with Crippen molar-refractivity contribution in [2.24, 2.45) is 22.7 Å². The number of epoxide rings is 1. The first-order chi connectivity index (χ1) is 13.8. The molecule has 0 aromatic heterocycles. The van der Waals surface area contributed by atoms with Gasteiger partial charge in [-0.1, -0.05) is 26.0 Å². The second kappa shape index (κ2) is 6.05. The summed E-state index contributed by atoms with van der Waals surface area (Å²) >= 11 is 0. The van der Waals surface area contributed by atoms with Crippen LogP contribution >= 0.6 is 0 Å². The summed E-state index contributed by atoms with van der Waals surface area (Å²) in [6.07, 6.45) is 12.6. The summed E-state index contributed by atoms with van der Waals surface area (Å²) in [4.78, 5) is 12.5. The molecule has 2 N–H and O–H groups in total. The van der Waals surface area contributed by atoms with Crippen LogP contribution in [0.3, 0.4) is 0 Å². The Labute approximate surface area is 172 Å². The highest BCUT2D eigenvalue weighted by Gasteiger charge is 2.80. The number of fused-ring (bicyclic) bond motifs is 3. The summed E-state index contributed by atoms with van der Waals surface area (Å²) in [7, 11) is 0. The van der Waals surface area contributed by atoms with E-state index in [1.54, 1.807) is 0 Å². The van der Waals surface area contributed by atoms with Crippen molar-refractivity contribution in [1.82, 2.24) is 0 Å². The van der Waals surface area contributed by atoms with Crippen LogP contribution in [0.25, 0.3) is 0 Å². The second-order valence-corrected chi connectivity index (χ2v) is 10.0. The fourth-order valence-corrected chi connectivity index (χ4v) is 7.30. The van der Waals surface area contributed by atoms with E-state index in [0.29, 0.717) is 19.4 Å². The van der Waals surface area contributed by atoms with Gasteiger partial charge in [0.25, 0.3) is 0 Å². The molecule has 1 aliphatic heterocycles. The minimum absolute atomic E-state index is 0.0229. The molecule has 29 heavy (non-hydrogen) atoms. The van der Waals surface area contributed by atoms with E-state index < -0.39 is 23.4 Å². The topological polar surface area (TPSA) is 79.3 Å². The van der Waals surface area contributed by atoms with Gasteiger partial charge in [0.05, 0.1) is 12.7 Å². The molecule has 0 unspecified atom stereocenters. The lowest BCUT2D eigenvalue weighted by Gasteiger charge is -2.54. The van der Waals surface area contributed by atoms with Gasteiger partial charge in [0.1, 0.15) is 23.6 Å². The molecule has 0 aromatic carbocycles. The monoisotopic (exact) mass is 400 g/mol. The van der Waals surface area contributed by atoms with Gasteiger partial charge in [-0.15, -0.1) is 0 Å². The number of hydrogen-bond donors (Lipinski definition) is 2. The molecule has 1 spiro atoms. The van der Waals surface area contributed by atoms with Crippen molar-refractivity contribution in [2.45, 2.75) is 70.2 Å². The van der Waals surface area contributed by atoms with E-state index in [-0.39, 0.29) is 29.0 Å². The number of ketones is 1. The van der Waals surface area contributed by atoms with Crippen LogP contribution < -0.4 is 0 Å². The minimum Gasteiger partial charge on any atom is -0.494 e. The maximum absolute atomic E-state index is 12.5. The summed E-state index contributed by atoms with van der Waals surface area (Å²) in [6.45, 7) is 6.52. The number of aliphatic hydroxyl groups excluding tert-OH is 1. The molecule has 5 rings (SSSR count). The Morgan fingerprint density at radius 3 is 2.86 bits per heavy atom.